The Hall–Kier alpha value is -3.18. The fourth-order valence-corrected chi connectivity index (χ4v) is 7.63. The maximum absolute atomic E-state index is 14.4. The Morgan fingerprint density at radius 1 is 0.805 bits per heavy atom. The van der Waals surface area contributed by atoms with E-state index < -0.39 is 11.7 Å². The molecule has 1 nitrogen and oxygen atoms in total. The van der Waals surface area contributed by atoms with Crippen molar-refractivity contribution >= 4 is 32.2 Å². The zero-order chi connectivity index (χ0) is 30.1. The molecule has 0 saturated carbocycles. The van der Waals surface area contributed by atoms with Crippen LogP contribution in [0.3, 0.4) is 0 Å². The lowest BCUT2D eigenvalue weighted by atomic mass is 9.82. The molecular formula is C36H38F3NS. The Morgan fingerprint density at radius 3 is 2.02 bits per heavy atom. The van der Waals surface area contributed by atoms with Gasteiger partial charge in [0.15, 0.2) is 0 Å². The van der Waals surface area contributed by atoms with E-state index in [4.69, 9.17) is 0 Å². The summed E-state index contributed by atoms with van der Waals surface area (Å²) in [7, 11) is 0. The highest BCUT2D eigenvalue weighted by Gasteiger charge is 2.36. The van der Waals surface area contributed by atoms with Crippen molar-refractivity contribution in [1.82, 2.24) is 4.98 Å². The molecule has 0 aliphatic carbocycles. The minimum Gasteiger partial charge on any atom is -0.254 e. The molecule has 2 aromatic heterocycles. The van der Waals surface area contributed by atoms with Gasteiger partial charge in [-0.15, -0.1) is 11.3 Å². The Labute approximate surface area is 245 Å². The molecule has 0 spiro atoms. The van der Waals surface area contributed by atoms with Gasteiger partial charge in [-0.25, -0.2) is 0 Å². The lowest BCUT2D eigenvalue weighted by Gasteiger charge is -2.23. The molecule has 0 saturated heterocycles. The van der Waals surface area contributed by atoms with E-state index in [0.29, 0.717) is 16.0 Å². The first kappa shape index (κ1) is 29.3. The molecule has 5 rings (SSSR count). The van der Waals surface area contributed by atoms with Crippen molar-refractivity contribution in [2.24, 2.45) is 5.41 Å². The van der Waals surface area contributed by atoms with E-state index in [-0.39, 0.29) is 16.2 Å². The Bertz CT molecular complexity index is 1770. The Balaban J connectivity index is 1.82. The molecule has 5 heteroatoms. The second kappa shape index (κ2) is 9.97. The molecular weight excluding hydrogens is 535 g/mol. The number of pyridine rings is 1. The summed E-state index contributed by atoms with van der Waals surface area (Å²) >= 11 is 1.43. The van der Waals surface area contributed by atoms with Crippen molar-refractivity contribution in [2.45, 2.75) is 80.3 Å². The number of hydrogen-bond acceptors (Lipinski definition) is 2. The fraction of sp³-hybridized carbons (Fsp3) is 0.361. The average Bonchev–Trinajstić information content (AvgIpc) is 3.16. The molecule has 41 heavy (non-hydrogen) atoms. The highest BCUT2D eigenvalue weighted by Crippen LogP contribution is 2.49. The molecule has 0 radical (unpaired) electrons. The predicted octanol–water partition coefficient (Wildman–Crippen LogP) is 11.6. The third-order valence-electron chi connectivity index (χ3n) is 7.76. The SMILES string of the molecule is Cc1cc(CC(C)(C)C)cc(C)c1-c1sc2c(-c3cc(C(C)(C)C)c4ccccc4c3)ncc(C(F)(F)F)c2c1C. The number of aryl methyl sites for hydroxylation is 3. The van der Waals surface area contributed by atoms with Gasteiger partial charge in [-0.3, -0.25) is 4.98 Å². The maximum atomic E-state index is 14.4. The van der Waals surface area contributed by atoms with Crippen LogP contribution >= 0.6 is 11.3 Å². The largest absolute Gasteiger partial charge is 0.418 e. The summed E-state index contributed by atoms with van der Waals surface area (Å²) in [4.78, 5) is 5.39. The van der Waals surface area contributed by atoms with Gasteiger partial charge in [0.05, 0.1) is 16.0 Å². The zero-order valence-corrected chi connectivity index (χ0v) is 26.2. The van der Waals surface area contributed by atoms with E-state index in [1.807, 2.05) is 19.1 Å². The van der Waals surface area contributed by atoms with Crippen LogP contribution in [0.1, 0.15) is 74.9 Å². The van der Waals surface area contributed by atoms with Crippen molar-refractivity contribution in [2.75, 3.05) is 0 Å². The van der Waals surface area contributed by atoms with Crippen LogP contribution in [0.15, 0.2) is 54.7 Å². The van der Waals surface area contributed by atoms with Crippen molar-refractivity contribution in [3.63, 3.8) is 0 Å². The lowest BCUT2D eigenvalue weighted by Crippen LogP contribution is -2.12. The number of fused-ring (bicyclic) bond motifs is 2. The van der Waals surface area contributed by atoms with Crippen molar-refractivity contribution in [1.29, 1.82) is 0 Å². The molecule has 0 aliphatic heterocycles. The topological polar surface area (TPSA) is 12.9 Å². The number of aromatic nitrogens is 1. The van der Waals surface area contributed by atoms with Crippen molar-refractivity contribution < 1.29 is 13.2 Å². The van der Waals surface area contributed by atoms with Crippen LogP contribution in [0.5, 0.6) is 0 Å². The molecule has 0 amide bonds. The van der Waals surface area contributed by atoms with Crippen LogP contribution in [0, 0.1) is 26.2 Å². The summed E-state index contributed by atoms with van der Waals surface area (Å²) < 4.78 is 43.8. The first-order valence-electron chi connectivity index (χ1n) is 14.1. The van der Waals surface area contributed by atoms with Gasteiger partial charge in [0.1, 0.15) is 0 Å². The Kier molecular flexibility index (Phi) is 7.13. The quantitative estimate of drug-likeness (QED) is 0.209. The number of nitrogens with zero attached hydrogens (tertiary/aromatic N) is 1. The molecule has 0 N–H and O–H groups in total. The van der Waals surface area contributed by atoms with Crippen LogP contribution in [-0.2, 0) is 18.0 Å². The van der Waals surface area contributed by atoms with E-state index >= 15 is 0 Å². The van der Waals surface area contributed by atoms with Gasteiger partial charge in [-0.05, 0) is 94.3 Å². The summed E-state index contributed by atoms with van der Waals surface area (Å²) in [6.07, 6.45) is -2.54. The number of alkyl halides is 3. The second-order valence-electron chi connectivity index (χ2n) is 13.6. The first-order chi connectivity index (χ1) is 19.0. The van der Waals surface area contributed by atoms with Gasteiger partial charge >= 0.3 is 6.18 Å². The van der Waals surface area contributed by atoms with Crippen molar-refractivity contribution in [3.05, 3.63) is 88.1 Å². The first-order valence-corrected chi connectivity index (χ1v) is 14.9. The van der Waals surface area contributed by atoms with E-state index in [9.17, 15) is 13.2 Å². The van der Waals surface area contributed by atoms with Crippen LogP contribution in [-0.4, -0.2) is 4.98 Å². The summed E-state index contributed by atoms with van der Waals surface area (Å²) in [5, 5.41) is 2.46. The van der Waals surface area contributed by atoms with Crippen LogP contribution in [0.4, 0.5) is 13.2 Å². The third kappa shape index (κ3) is 5.53. The van der Waals surface area contributed by atoms with Gasteiger partial charge in [0.2, 0.25) is 0 Å². The summed E-state index contributed by atoms with van der Waals surface area (Å²) in [6, 6.07) is 16.8. The van der Waals surface area contributed by atoms with E-state index in [0.717, 1.165) is 56.1 Å². The highest BCUT2D eigenvalue weighted by atomic mass is 32.1. The summed E-state index contributed by atoms with van der Waals surface area (Å²) in [5.74, 6) is 0. The molecule has 0 unspecified atom stereocenters. The third-order valence-corrected chi connectivity index (χ3v) is 9.07. The minimum absolute atomic E-state index is 0.141. The van der Waals surface area contributed by atoms with Crippen molar-refractivity contribution in [3.8, 4) is 21.7 Å². The zero-order valence-electron chi connectivity index (χ0n) is 25.4. The predicted molar refractivity (Wildman–Crippen MR) is 169 cm³/mol. The van der Waals surface area contributed by atoms with Crippen LogP contribution in [0.2, 0.25) is 0 Å². The monoisotopic (exact) mass is 573 g/mol. The highest BCUT2D eigenvalue weighted by molar-refractivity contribution is 7.23. The molecule has 0 bridgehead atoms. The number of rotatable bonds is 3. The maximum Gasteiger partial charge on any atom is 0.418 e. The van der Waals surface area contributed by atoms with E-state index in [1.165, 1.54) is 16.9 Å². The lowest BCUT2D eigenvalue weighted by molar-refractivity contribution is -0.136. The molecule has 0 aliphatic rings. The van der Waals surface area contributed by atoms with Gasteiger partial charge in [-0.1, -0.05) is 77.9 Å². The second-order valence-corrected chi connectivity index (χ2v) is 14.6. The Morgan fingerprint density at radius 2 is 1.44 bits per heavy atom. The average molecular weight is 574 g/mol. The molecule has 3 aromatic carbocycles. The van der Waals surface area contributed by atoms with Gasteiger partial charge in [0.25, 0.3) is 0 Å². The number of hydrogen-bond donors (Lipinski definition) is 0. The van der Waals surface area contributed by atoms with Gasteiger partial charge in [0, 0.05) is 22.0 Å². The molecule has 2 heterocycles. The van der Waals surface area contributed by atoms with Gasteiger partial charge in [-0.2, -0.15) is 13.2 Å². The number of halogens is 3. The standard InChI is InChI=1S/C36H38F3NS/c1-20-14-23(18-34(4,5)6)15-21(2)29(20)32-22(3)30-28(36(37,38)39)19-40-31(33(30)41-32)25-16-24-12-10-11-13-26(24)27(17-25)35(7,8)9/h10-17,19H,18H2,1-9H3. The van der Waals surface area contributed by atoms with Crippen LogP contribution < -0.4 is 0 Å². The van der Waals surface area contributed by atoms with Crippen LogP contribution in [0.25, 0.3) is 42.6 Å². The molecule has 0 atom stereocenters. The smallest absolute Gasteiger partial charge is 0.254 e. The fourth-order valence-electron chi connectivity index (χ4n) is 6.11. The molecule has 5 aromatic rings. The number of thiophene rings is 1. The normalized spacial score (nSPS) is 13.0. The van der Waals surface area contributed by atoms with E-state index in [1.54, 1.807) is 0 Å². The molecule has 0 fully saturated rings. The number of benzene rings is 3. The summed E-state index contributed by atoms with van der Waals surface area (Å²) in [6.45, 7) is 19.1. The molecule has 214 valence electrons. The van der Waals surface area contributed by atoms with Gasteiger partial charge < -0.3 is 0 Å². The summed E-state index contributed by atoms with van der Waals surface area (Å²) in [5.41, 5.74) is 7.01. The minimum atomic E-state index is -4.51. The van der Waals surface area contributed by atoms with E-state index in [2.05, 4.69) is 96.8 Å².